The maximum Gasteiger partial charge on any atom is 0.270 e. The van der Waals surface area contributed by atoms with E-state index in [4.69, 9.17) is 4.99 Å². The number of rotatable bonds is 7. The van der Waals surface area contributed by atoms with Crippen LogP contribution in [0.1, 0.15) is 54.9 Å². The third-order valence-electron chi connectivity index (χ3n) is 7.27. The molecule has 0 fully saturated rings. The van der Waals surface area contributed by atoms with E-state index in [2.05, 4.69) is 35.6 Å². The van der Waals surface area contributed by atoms with Gasteiger partial charge in [-0.05, 0) is 30.0 Å². The summed E-state index contributed by atoms with van der Waals surface area (Å²) in [5.74, 6) is -1.28. The summed E-state index contributed by atoms with van der Waals surface area (Å²) in [6, 6.07) is 16.3. The molecule has 1 N–H and O–H groups in total. The quantitative estimate of drug-likeness (QED) is 0.414. The van der Waals surface area contributed by atoms with Gasteiger partial charge >= 0.3 is 0 Å². The second-order valence-electron chi connectivity index (χ2n) is 10.3. The van der Waals surface area contributed by atoms with E-state index in [9.17, 15) is 13.6 Å². The van der Waals surface area contributed by atoms with Crippen molar-refractivity contribution in [1.82, 2.24) is 9.47 Å². The lowest BCUT2D eigenvalue weighted by atomic mass is 10.0. The van der Waals surface area contributed by atoms with E-state index in [0.29, 0.717) is 42.8 Å². The van der Waals surface area contributed by atoms with Crippen molar-refractivity contribution in [2.24, 2.45) is 10.9 Å². The highest BCUT2D eigenvalue weighted by molar-refractivity contribution is 6.22. The first-order chi connectivity index (χ1) is 17.6. The third-order valence-corrected chi connectivity index (χ3v) is 7.27. The van der Waals surface area contributed by atoms with Crippen LogP contribution in [0.3, 0.4) is 0 Å². The highest BCUT2D eigenvalue weighted by Crippen LogP contribution is 2.43. The summed E-state index contributed by atoms with van der Waals surface area (Å²) in [7, 11) is 1.78. The fourth-order valence-corrected chi connectivity index (χ4v) is 5.16. The van der Waals surface area contributed by atoms with Crippen molar-refractivity contribution in [3.8, 4) is 0 Å². The maximum absolute atomic E-state index is 13.8. The summed E-state index contributed by atoms with van der Waals surface area (Å²) in [6.45, 7) is 8.42. The van der Waals surface area contributed by atoms with Crippen LogP contribution in [0.15, 0.2) is 59.6 Å². The number of amides is 1. The summed E-state index contributed by atoms with van der Waals surface area (Å²) < 4.78 is 29.7. The summed E-state index contributed by atoms with van der Waals surface area (Å²) in [6.07, 6.45) is 0.692. The molecule has 3 heterocycles. The number of carbonyl (C=O) groups is 1. The van der Waals surface area contributed by atoms with Gasteiger partial charge in [-0.25, -0.2) is 13.8 Å². The zero-order chi connectivity index (χ0) is 26.5. The molecule has 2 aliphatic heterocycles. The molecule has 1 atom stereocenters. The molecule has 0 bridgehead atoms. The lowest BCUT2D eigenvalue weighted by Crippen LogP contribution is -2.48. The molecule has 0 unspecified atom stereocenters. The van der Waals surface area contributed by atoms with Gasteiger partial charge in [0, 0.05) is 44.0 Å². The Morgan fingerprint density at radius 3 is 2.38 bits per heavy atom. The van der Waals surface area contributed by atoms with Crippen molar-refractivity contribution in [3.05, 3.63) is 77.0 Å². The molecule has 6 nitrogen and oxygen atoms in total. The topological polar surface area (TPSA) is 52.9 Å². The Bertz CT molecular complexity index is 1340. The van der Waals surface area contributed by atoms with E-state index in [-0.39, 0.29) is 17.5 Å². The summed E-state index contributed by atoms with van der Waals surface area (Å²) in [5.41, 5.74) is 4.24. The minimum Gasteiger partial charge on any atom is -0.341 e. The minimum absolute atomic E-state index is 0.0177. The highest BCUT2D eigenvalue weighted by atomic mass is 19.3. The van der Waals surface area contributed by atoms with Gasteiger partial charge in [-0.1, -0.05) is 63.2 Å². The molecule has 1 aromatic heterocycles. The number of nitrogens with zero attached hydrogens (tertiary/aromatic N) is 4. The molecule has 0 saturated carbocycles. The Hall–Kier alpha value is -3.68. The number of fused-ring (bicyclic) bond motifs is 3. The summed E-state index contributed by atoms with van der Waals surface area (Å²) in [4.78, 5) is 22.5. The monoisotopic (exact) mass is 505 g/mol. The van der Waals surface area contributed by atoms with Crippen molar-refractivity contribution in [2.75, 3.05) is 23.8 Å². The number of hydrogen-bond acceptors (Lipinski definition) is 4. The molecule has 0 spiro atoms. The fourth-order valence-electron chi connectivity index (χ4n) is 5.16. The largest absolute Gasteiger partial charge is 0.341 e. The Labute approximate surface area is 216 Å². The van der Waals surface area contributed by atoms with Crippen LogP contribution in [0.2, 0.25) is 0 Å². The predicted molar refractivity (Wildman–Crippen MR) is 144 cm³/mol. The molecule has 0 aliphatic carbocycles. The lowest BCUT2D eigenvalue weighted by Gasteiger charge is -2.33. The average Bonchev–Trinajstić information content (AvgIpc) is 3.43. The highest BCUT2D eigenvalue weighted by Gasteiger charge is 2.44. The number of para-hydroxylation sites is 1. The standard InChI is InChI=1S/C29H33F2N5O/c1-6-23-25-24(27(37)34(5)28-33-22(18(2)3)17-36(25)28)26(32-21-10-8-7-9-11-21)35(23)16-19-12-14-20(15-13-19)29(4,30)31/h7-15,18,22,32H,6,16-17H2,1-5H3/t22-/m0/s1. The molecule has 194 valence electrons. The van der Waals surface area contributed by atoms with Crippen LogP contribution in [-0.4, -0.2) is 41.0 Å². The van der Waals surface area contributed by atoms with Gasteiger partial charge in [0.25, 0.3) is 11.8 Å². The van der Waals surface area contributed by atoms with E-state index in [0.717, 1.165) is 29.6 Å². The van der Waals surface area contributed by atoms with E-state index < -0.39 is 5.92 Å². The number of nitrogens with one attached hydrogen (secondary N) is 1. The van der Waals surface area contributed by atoms with Crippen LogP contribution in [0.25, 0.3) is 0 Å². The first-order valence-electron chi connectivity index (χ1n) is 12.8. The third kappa shape index (κ3) is 4.38. The summed E-state index contributed by atoms with van der Waals surface area (Å²) >= 11 is 0. The number of benzene rings is 2. The number of aliphatic imine (C=N–C) groups is 1. The predicted octanol–water partition coefficient (Wildman–Crippen LogP) is 6.24. The van der Waals surface area contributed by atoms with Gasteiger partial charge in [0.05, 0.1) is 11.7 Å². The van der Waals surface area contributed by atoms with Crippen molar-refractivity contribution in [3.63, 3.8) is 0 Å². The van der Waals surface area contributed by atoms with Crippen LogP contribution in [0.4, 0.5) is 26.0 Å². The Morgan fingerprint density at radius 1 is 1.11 bits per heavy atom. The normalized spacial score (nSPS) is 17.2. The lowest BCUT2D eigenvalue weighted by molar-refractivity contribution is 0.0174. The maximum atomic E-state index is 13.8. The van der Waals surface area contributed by atoms with Crippen molar-refractivity contribution in [1.29, 1.82) is 0 Å². The van der Waals surface area contributed by atoms with Crippen molar-refractivity contribution < 1.29 is 13.6 Å². The van der Waals surface area contributed by atoms with Crippen molar-refractivity contribution >= 4 is 29.1 Å². The number of guanidine groups is 1. The molecule has 2 aromatic carbocycles. The minimum atomic E-state index is -2.89. The number of anilines is 3. The molecule has 3 aromatic rings. The number of halogens is 2. The molecule has 0 saturated heterocycles. The van der Waals surface area contributed by atoms with Crippen LogP contribution >= 0.6 is 0 Å². The van der Waals surface area contributed by atoms with Gasteiger partial charge < -0.3 is 14.8 Å². The molecule has 2 aliphatic rings. The second-order valence-corrected chi connectivity index (χ2v) is 10.3. The van der Waals surface area contributed by atoms with E-state index >= 15 is 0 Å². The first kappa shape index (κ1) is 25.0. The first-order valence-corrected chi connectivity index (χ1v) is 12.8. The number of hydrogen-bond donors (Lipinski definition) is 1. The Morgan fingerprint density at radius 2 is 1.78 bits per heavy atom. The smallest absolute Gasteiger partial charge is 0.270 e. The number of aromatic nitrogens is 1. The molecule has 5 rings (SSSR count). The van der Waals surface area contributed by atoms with Crippen LogP contribution in [0.5, 0.6) is 0 Å². The Kier molecular flexibility index (Phi) is 6.30. The van der Waals surface area contributed by atoms with E-state index in [1.165, 1.54) is 12.1 Å². The van der Waals surface area contributed by atoms with Crippen LogP contribution < -0.4 is 10.2 Å². The van der Waals surface area contributed by atoms with E-state index in [1.54, 1.807) is 24.1 Å². The molecule has 37 heavy (non-hydrogen) atoms. The van der Waals surface area contributed by atoms with Gasteiger partial charge in [-0.2, -0.15) is 0 Å². The van der Waals surface area contributed by atoms with Gasteiger partial charge in [-0.15, -0.1) is 0 Å². The van der Waals surface area contributed by atoms with Crippen molar-refractivity contribution in [2.45, 2.75) is 52.6 Å². The summed E-state index contributed by atoms with van der Waals surface area (Å²) in [5, 5.41) is 3.51. The fraction of sp³-hybridized carbons (Fsp3) is 0.379. The molecule has 1 amide bonds. The molecular weight excluding hydrogens is 472 g/mol. The van der Waals surface area contributed by atoms with E-state index in [1.807, 2.05) is 30.3 Å². The zero-order valence-corrected chi connectivity index (χ0v) is 21.9. The molecule has 0 radical (unpaired) electrons. The van der Waals surface area contributed by atoms with Gasteiger partial charge in [0.15, 0.2) is 0 Å². The SMILES string of the molecule is CCc1c2c(c(Nc3ccccc3)n1Cc1ccc(C(C)(F)F)cc1)C(=O)N(C)C1=N[C@H](C(C)C)CN12. The average molecular weight is 506 g/mol. The molecule has 8 heteroatoms. The van der Waals surface area contributed by atoms with Crippen LogP contribution in [-0.2, 0) is 18.9 Å². The van der Waals surface area contributed by atoms with Crippen LogP contribution in [0, 0.1) is 5.92 Å². The van der Waals surface area contributed by atoms with Gasteiger partial charge in [0.2, 0.25) is 5.96 Å². The zero-order valence-electron chi connectivity index (χ0n) is 21.9. The number of carbonyl (C=O) groups excluding carboxylic acids is 1. The molecular formula is C29H33F2N5O. The van der Waals surface area contributed by atoms with Gasteiger partial charge in [-0.3, -0.25) is 9.69 Å². The Balaban J connectivity index is 1.66. The van der Waals surface area contributed by atoms with Gasteiger partial charge in [0.1, 0.15) is 11.4 Å². The number of alkyl halides is 2. The second kappa shape index (κ2) is 9.32.